The number of carbonyl (C=O) groups excluding carboxylic acids is 1. The average molecular weight is 340 g/mol. The molecule has 0 aliphatic rings. The van der Waals surface area contributed by atoms with Crippen molar-refractivity contribution < 1.29 is 13.9 Å². The number of carbonyl (C=O) groups is 1. The molecule has 7 heteroatoms. The van der Waals surface area contributed by atoms with Crippen LogP contribution in [0.2, 0.25) is 0 Å². The molecule has 0 saturated heterocycles. The third-order valence-electron chi connectivity index (χ3n) is 3.73. The van der Waals surface area contributed by atoms with Gasteiger partial charge in [0.25, 0.3) is 5.56 Å². The number of ether oxygens (including phenoxy) is 1. The molecular formula is C17H12N2O4S. The van der Waals surface area contributed by atoms with Gasteiger partial charge >= 0.3 is 5.97 Å². The van der Waals surface area contributed by atoms with Gasteiger partial charge < -0.3 is 9.15 Å². The molecule has 0 amide bonds. The minimum absolute atomic E-state index is 0.239. The van der Waals surface area contributed by atoms with Crippen molar-refractivity contribution in [2.75, 3.05) is 7.11 Å². The fourth-order valence-corrected chi connectivity index (χ4v) is 3.49. The predicted octanol–water partition coefficient (Wildman–Crippen LogP) is 3.04. The quantitative estimate of drug-likeness (QED) is 0.536. The minimum atomic E-state index is -0.385. The number of aromatic nitrogens is 2. The third kappa shape index (κ3) is 2.30. The first-order chi connectivity index (χ1) is 11.7. The van der Waals surface area contributed by atoms with E-state index in [2.05, 4.69) is 4.98 Å². The Morgan fingerprint density at radius 1 is 1.29 bits per heavy atom. The lowest BCUT2D eigenvalue weighted by atomic mass is 10.2. The summed E-state index contributed by atoms with van der Waals surface area (Å²) in [5.74, 6) is -0.385. The van der Waals surface area contributed by atoms with Crippen LogP contribution in [0.5, 0.6) is 0 Å². The van der Waals surface area contributed by atoms with Crippen LogP contribution in [0.4, 0.5) is 0 Å². The predicted molar refractivity (Wildman–Crippen MR) is 90.5 cm³/mol. The van der Waals surface area contributed by atoms with Crippen molar-refractivity contribution in [3.05, 3.63) is 62.8 Å². The fraction of sp³-hybridized carbons (Fsp3) is 0.118. The van der Waals surface area contributed by atoms with Gasteiger partial charge in [0.1, 0.15) is 16.0 Å². The number of nitrogens with zero attached hydrogens (tertiary/aromatic N) is 2. The van der Waals surface area contributed by atoms with Gasteiger partial charge in [0, 0.05) is 10.3 Å². The summed E-state index contributed by atoms with van der Waals surface area (Å²) in [5.41, 5.74) is 1.19. The number of esters is 1. The van der Waals surface area contributed by atoms with Crippen LogP contribution in [0.3, 0.4) is 0 Å². The number of fused-ring (bicyclic) bond motifs is 3. The first kappa shape index (κ1) is 14.6. The van der Waals surface area contributed by atoms with Crippen LogP contribution in [0.15, 0.2) is 51.9 Å². The van der Waals surface area contributed by atoms with Crippen molar-refractivity contribution in [3.63, 3.8) is 0 Å². The molecular weight excluding hydrogens is 328 g/mol. The normalized spacial score (nSPS) is 11.2. The summed E-state index contributed by atoms with van der Waals surface area (Å²) in [5, 5.41) is 0.820. The molecule has 6 nitrogen and oxygen atoms in total. The number of thiophene rings is 1. The highest BCUT2D eigenvalue weighted by Crippen LogP contribution is 2.24. The lowest BCUT2D eigenvalue weighted by Gasteiger charge is -2.02. The summed E-state index contributed by atoms with van der Waals surface area (Å²) in [6, 6.07) is 10.9. The first-order valence-electron chi connectivity index (χ1n) is 7.21. The molecule has 0 atom stereocenters. The molecule has 4 aromatic rings. The lowest BCUT2D eigenvalue weighted by Crippen LogP contribution is -2.20. The third-order valence-corrected chi connectivity index (χ3v) is 4.78. The second-order valence-electron chi connectivity index (χ2n) is 5.21. The zero-order chi connectivity index (χ0) is 16.7. The summed E-state index contributed by atoms with van der Waals surface area (Å²) >= 11 is 1.29. The Bertz CT molecular complexity index is 1120. The monoisotopic (exact) mass is 340 g/mol. The highest BCUT2D eigenvalue weighted by atomic mass is 32.1. The van der Waals surface area contributed by atoms with E-state index < -0.39 is 0 Å². The van der Waals surface area contributed by atoms with Crippen LogP contribution < -0.4 is 5.56 Å². The Morgan fingerprint density at radius 3 is 2.96 bits per heavy atom. The van der Waals surface area contributed by atoms with Crippen LogP contribution in [0, 0.1) is 0 Å². The Balaban J connectivity index is 1.76. The topological polar surface area (TPSA) is 74.3 Å². The summed E-state index contributed by atoms with van der Waals surface area (Å²) in [6.07, 6.45) is 1.50. The second kappa shape index (κ2) is 5.61. The minimum Gasteiger partial charge on any atom is -0.465 e. The molecule has 1 aromatic carbocycles. The van der Waals surface area contributed by atoms with Gasteiger partial charge in [-0.2, -0.15) is 0 Å². The Morgan fingerprint density at radius 2 is 2.12 bits per heavy atom. The molecule has 0 bridgehead atoms. The molecule has 0 saturated carbocycles. The molecule has 4 rings (SSSR count). The lowest BCUT2D eigenvalue weighted by molar-refractivity contribution is 0.0606. The molecule has 0 spiro atoms. The molecule has 0 N–H and O–H groups in total. The van der Waals surface area contributed by atoms with Crippen LogP contribution >= 0.6 is 11.3 Å². The van der Waals surface area contributed by atoms with Gasteiger partial charge in [-0.05, 0) is 24.3 Å². The molecule has 0 fully saturated rings. The SMILES string of the molecule is COC(=O)c1ccc(Cn2cnc3c(oc4ccccc43)c2=O)s1. The van der Waals surface area contributed by atoms with Crippen molar-refractivity contribution >= 4 is 39.4 Å². The van der Waals surface area contributed by atoms with E-state index in [1.165, 1.54) is 29.3 Å². The van der Waals surface area contributed by atoms with Crippen LogP contribution in [0.25, 0.3) is 22.1 Å². The number of benzene rings is 1. The number of hydrogen-bond donors (Lipinski definition) is 0. The maximum atomic E-state index is 12.6. The number of rotatable bonds is 3. The Hall–Kier alpha value is -2.93. The summed E-state index contributed by atoms with van der Waals surface area (Å²) in [7, 11) is 1.34. The smallest absolute Gasteiger partial charge is 0.348 e. The molecule has 0 aliphatic heterocycles. The molecule has 0 unspecified atom stereocenters. The first-order valence-corrected chi connectivity index (χ1v) is 8.03. The van der Waals surface area contributed by atoms with Crippen molar-refractivity contribution in [2.45, 2.75) is 6.54 Å². The number of methoxy groups -OCH3 is 1. The van der Waals surface area contributed by atoms with E-state index >= 15 is 0 Å². The molecule has 24 heavy (non-hydrogen) atoms. The molecule has 3 aromatic heterocycles. The summed E-state index contributed by atoms with van der Waals surface area (Å²) < 4.78 is 11.8. The zero-order valence-electron chi connectivity index (χ0n) is 12.7. The van der Waals surface area contributed by atoms with Gasteiger partial charge in [-0.25, -0.2) is 9.78 Å². The summed E-state index contributed by atoms with van der Waals surface area (Å²) in [6.45, 7) is 0.320. The van der Waals surface area contributed by atoms with E-state index in [9.17, 15) is 9.59 Å². The van der Waals surface area contributed by atoms with Crippen LogP contribution in [0.1, 0.15) is 14.5 Å². The standard InChI is InChI=1S/C17H12N2O4S/c1-22-17(21)13-7-6-10(24-13)8-19-9-18-14-11-4-2-3-5-12(11)23-15(14)16(19)20/h2-7,9H,8H2,1H3. The Kier molecular flexibility index (Phi) is 3.42. The molecule has 0 radical (unpaired) electrons. The number of para-hydroxylation sites is 1. The Labute approximate surface area is 139 Å². The van der Waals surface area contributed by atoms with E-state index in [1.807, 2.05) is 24.3 Å². The maximum absolute atomic E-state index is 12.6. The van der Waals surface area contributed by atoms with Gasteiger partial charge in [-0.1, -0.05) is 12.1 Å². The number of hydrogen-bond acceptors (Lipinski definition) is 6. The summed E-state index contributed by atoms with van der Waals surface area (Å²) in [4.78, 5) is 29.9. The van der Waals surface area contributed by atoms with E-state index in [1.54, 1.807) is 12.1 Å². The molecule has 3 heterocycles. The van der Waals surface area contributed by atoms with E-state index in [0.717, 1.165) is 10.3 Å². The van der Waals surface area contributed by atoms with Crippen LogP contribution in [-0.2, 0) is 11.3 Å². The fourth-order valence-electron chi connectivity index (χ4n) is 2.57. The second-order valence-corrected chi connectivity index (χ2v) is 6.38. The van der Waals surface area contributed by atoms with Crippen molar-refractivity contribution in [1.82, 2.24) is 9.55 Å². The highest BCUT2D eigenvalue weighted by molar-refractivity contribution is 7.13. The van der Waals surface area contributed by atoms with E-state index in [0.29, 0.717) is 22.5 Å². The highest BCUT2D eigenvalue weighted by Gasteiger charge is 2.14. The molecule has 120 valence electrons. The van der Waals surface area contributed by atoms with Crippen molar-refractivity contribution in [2.24, 2.45) is 0 Å². The van der Waals surface area contributed by atoms with E-state index in [4.69, 9.17) is 9.15 Å². The maximum Gasteiger partial charge on any atom is 0.348 e. The van der Waals surface area contributed by atoms with Crippen molar-refractivity contribution in [1.29, 1.82) is 0 Å². The van der Waals surface area contributed by atoms with E-state index in [-0.39, 0.29) is 17.1 Å². The van der Waals surface area contributed by atoms with Gasteiger partial charge in [0.05, 0.1) is 20.0 Å². The van der Waals surface area contributed by atoms with Crippen LogP contribution in [-0.4, -0.2) is 22.6 Å². The molecule has 0 aliphatic carbocycles. The van der Waals surface area contributed by atoms with Crippen molar-refractivity contribution in [3.8, 4) is 0 Å². The van der Waals surface area contributed by atoms with Gasteiger partial charge in [0.2, 0.25) is 5.58 Å². The largest absolute Gasteiger partial charge is 0.465 e. The van der Waals surface area contributed by atoms with Gasteiger partial charge in [-0.3, -0.25) is 9.36 Å². The number of furan rings is 1. The zero-order valence-corrected chi connectivity index (χ0v) is 13.5. The van der Waals surface area contributed by atoms with Gasteiger partial charge in [-0.15, -0.1) is 11.3 Å². The average Bonchev–Trinajstić information content (AvgIpc) is 3.21. The van der Waals surface area contributed by atoms with Gasteiger partial charge in [0.15, 0.2) is 0 Å².